The molecule has 0 radical (unpaired) electrons. The number of methoxy groups -OCH3 is 1. The van der Waals surface area contributed by atoms with Crippen molar-refractivity contribution in [2.75, 3.05) is 20.3 Å². The Labute approximate surface area is 122 Å². The fourth-order valence-corrected chi connectivity index (χ4v) is 1.67. The van der Waals surface area contributed by atoms with Crippen LogP contribution in [0.1, 0.15) is 33.3 Å². The SMILES string of the molecule is CCNCc1cccc(OC)c1OCC(C)(O)C(C)C. The topological polar surface area (TPSA) is 50.7 Å². The Morgan fingerprint density at radius 2 is 2.05 bits per heavy atom. The van der Waals surface area contributed by atoms with E-state index in [1.807, 2.05) is 32.0 Å². The Bertz CT molecular complexity index is 416. The van der Waals surface area contributed by atoms with E-state index in [0.29, 0.717) is 18.0 Å². The molecule has 4 nitrogen and oxygen atoms in total. The highest BCUT2D eigenvalue weighted by molar-refractivity contribution is 5.46. The average Bonchev–Trinajstić information content (AvgIpc) is 2.42. The molecule has 0 saturated carbocycles. The summed E-state index contributed by atoms with van der Waals surface area (Å²) < 4.78 is 11.2. The lowest BCUT2D eigenvalue weighted by Gasteiger charge is -2.28. The summed E-state index contributed by atoms with van der Waals surface area (Å²) in [6.07, 6.45) is 0. The van der Waals surface area contributed by atoms with Gasteiger partial charge in [0.05, 0.1) is 12.7 Å². The van der Waals surface area contributed by atoms with Gasteiger partial charge in [-0.2, -0.15) is 0 Å². The van der Waals surface area contributed by atoms with Gasteiger partial charge in [0.2, 0.25) is 0 Å². The molecule has 0 spiro atoms. The first-order valence-corrected chi connectivity index (χ1v) is 7.14. The molecule has 1 atom stereocenters. The van der Waals surface area contributed by atoms with Crippen LogP contribution in [0.2, 0.25) is 0 Å². The van der Waals surface area contributed by atoms with E-state index >= 15 is 0 Å². The van der Waals surface area contributed by atoms with Crippen molar-refractivity contribution >= 4 is 0 Å². The third-order valence-corrected chi connectivity index (χ3v) is 3.60. The number of benzene rings is 1. The largest absolute Gasteiger partial charge is 0.493 e. The molecule has 0 aromatic heterocycles. The van der Waals surface area contributed by atoms with E-state index in [1.54, 1.807) is 14.0 Å². The van der Waals surface area contributed by atoms with Crippen LogP contribution in [-0.4, -0.2) is 31.0 Å². The lowest BCUT2D eigenvalue weighted by molar-refractivity contribution is -0.0274. The van der Waals surface area contributed by atoms with E-state index in [-0.39, 0.29) is 12.5 Å². The van der Waals surface area contributed by atoms with Gasteiger partial charge in [-0.3, -0.25) is 0 Å². The zero-order valence-electron chi connectivity index (χ0n) is 13.2. The van der Waals surface area contributed by atoms with Gasteiger partial charge in [0, 0.05) is 12.1 Å². The van der Waals surface area contributed by atoms with Gasteiger partial charge in [-0.1, -0.05) is 32.9 Å². The lowest BCUT2D eigenvalue weighted by Crippen LogP contribution is -2.38. The molecule has 0 aliphatic rings. The van der Waals surface area contributed by atoms with Gasteiger partial charge in [-0.15, -0.1) is 0 Å². The maximum atomic E-state index is 10.3. The molecule has 1 aromatic carbocycles. The molecule has 0 amide bonds. The molecule has 114 valence electrons. The van der Waals surface area contributed by atoms with Crippen molar-refractivity contribution in [3.05, 3.63) is 23.8 Å². The van der Waals surface area contributed by atoms with Crippen LogP contribution in [0.4, 0.5) is 0 Å². The highest BCUT2D eigenvalue weighted by atomic mass is 16.5. The summed E-state index contributed by atoms with van der Waals surface area (Å²) in [7, 11) is 1.62. The molecule has 1 rings (SSSR count). The Kier molecular flexibility index (Phi) is 6.30. The number of hydrogen-bond donors (Lipinski definition) is 2. The fourth-order valence-electron chi connectivity index (χ4n) is 1.67. The van der Waals surface area contributed by atoms with Gasteiger partial charge in [0.1, 0.15) is 6.61 Å². The van der Waals surface area contributed by atoms with Gasteiger partial charge >= 0.3 is 0 Å². The number of nitrogens with one attached hydrogen (secondary N) is 1. The zero-order valence-corrected chi connectivity index (χ0v) is 13.2. The summed E-state index contributed by atoms with van der Waals surface area (Å²) in [6.45, 7) is 9.65. The summed E-state index contributed by atoms with van der Waals surface area (Å²) in [5, 5.41) is 13.6. The predicted molar refractivity (Wildman–Crippen MR) is 81.3 cm³/mol. The van der Waals surface area contributed by atoms with Gasteiger partial charge in [-0.05, 0) is 25.5 Å². The molecule has 4 heteroatoms. The predicted octanol–water partition coefficient (Wildman–Crippen LogP) is 2.59. The monoisotopic (exact) mass is 281 g/mol. The molecule has 0 fully saturated rings. The van der Waals surface area contributed by atoms with Crippen molar-refractivity contribution in [3.63, 3.8) is 0 Å². The van der Waals surface area contributed by atoms with Crippen LogP contribution < -0.4 is 14.8 Å². The van der Waals surface area contributed by atoms with Crippen molar-refractivity contribution in [1.82, 2.24) is 5.32 Å². The minimum absolute atomic E-state index is 0.120. The van der Waals surface area contributed by atoms with Crippen LogP contribution >= 0.6 is 0 Å². The third-order valence-electron chi connectivity index (χ3n) is 3.60. The molecule has 0 bridgehead atoms. The van der Waals surface area contributed by atoms with E-state index in [9.17, 15) is 5.11 Å². The standard InChI is InChI=1S/C16H27NO3/c1-6-17-10-13-8-7-9-14(19-5)15(13)20-11-16(4,18)12(2)3/h7-9,12,17-18H,6,10-11H2,1-5H3. The highest BCUT2D eigenvalue weighted by Crippen LogP contribution is 2.32. The zero-order chi connectivity index (χ0) is 15.2. The summed E-state index contributed by atoms with van der Waals surface area (Å²) in [5.41, 5.74) is 0.168. The molecule has 1 aromatic rings. The van der Waals surface area contributed by atoms with Crippen LogP contribution in [0.5, 0.6) is 11.5 Å². The Balaban J connectivity index is 2.90. The van der Waals surface area contributed by atoms with E-state index in [0.717, 1.165) is 12.1 Å². The quantitative estimate of drug-likeness (QED) is 0.769. The van der Waals surface area contributed by atoms with Crippen molar-refractivity contribution < 1.29 is 14.6 Å². The van der Waals surface area contributed by atoms with Crippen LogP contribution in [0, 0.1) is 5.92 Å². The van der Waals surface area contributed by atoms with Crippen LogP contribution in [-0.2, 0) is 6.54 Å². The molecule has 2 N–H and O–H groups in total. The van der Waals surface area contributed by atoms with E-state index < -0.39 is 5.60 Å². The first-order valence-electron chi connectivity index (χ1n) is 7.14. The van der Waals surface area contributed by atoms with Crippen LogP contribution in [0.15, 0.2) is 18.2 Å². The Hall–Kier alpha value is -1.26. The minimum Gasteiger partial charge on any atom is -0.493 e. The average molecular weight is 281 g/mol. The minimum atomic E-state index is -0.865. The molecule has 20 heavy (non-hydrogen) atoms. The van der Waals surface area contributed by atoms with Gasteiger partial charge < -0.3 is 19.9 Å². The number of rotatable bonds is 8. The van der Waals surface area contributed by atoms with Gasteiger partial charge in [0.15, 0.2) is 11.5 Å². The van der Waals surface area contributed by atoms with Crippen molar-refractivity contribution in [2.24, 2.45) is 5.92 Å². The van der Waals surface area contributed by atoms with Crippen molar-refractivity contribution in [3.8, 4) is 11.5 Å². The smallest absolute Gasteiger partial charge is 0.165 e. The second-order valence-corrected chi connectivity index (χ2v) is 5.53. The second kappa shape index (κ2) is 7.50. The maximum Gasteiger partial charge on any atom is 0.165 e. The fraction of sp³-hybridized carbons (Fsp3) is 0.625. The molecule has 0 heterocycles. The molecular weight excluding hydrogens is 254 g/mol. The third kappa shape index (κ3) is 4.39. The van der Waals surface area contributed by atoms with Crippen molar-refractivity contribution in [1.29, 1.82) is 0 Å². The number of para-hydroxylation sites is 1. The molecule has 1 unspecified atom stereocenters. The molecule has 0 aliphatic heterocycles. The summed E-state index contributed by atoms with van der Waals surface area (Å²) >= 11 is 0. The van der Waals surface area contributed by atoms with Crippen molar-refractivity contribution in [2.45, 2.75) is 39.8 Å². The first kappa shape index (κ1) is 16.8. The van der Waals surface area contributed by atoms with Gasteiger partial charge in [-0.25, -0.2) is 0 Å². The number of ether oxygens (including phenoxy) is 2. The first-order chi connectivity index (χ1) is 9.42. The van der Waals surface area contributed by atoms with Crippen LogP contribution in [0.3, 0.4) is 0 Å². The summed E-state index contributed by atoms with van der Waals surface area (Å²) in [5.74, 6) is 1.52. The normalized spacial score (nSPS) is 14.2. The summed E-state index contributed by atoms with van der Waals surface area (Å²) in [4.78, 5) is 0. The van der Waals surface area contributed by atoms with Gasteiger partial charge in [0.25, 0.3) is 0 Å². The lowest BCUT2D eigenvalue weighted by atomic mass is 9.94. The maximum absolute atomic E-state index is 10.3. The van der Waals surface area contributed by atoms with Crippen LogP contribution in [0.25, 0.3) is 0 Å². The molecular formula is C16H27NO3. The number of aliphatic hydroxyl groups is 1. The van der Waals surface area contributed by atoms with E-state index in [4.69, 9.17) is 9.47 Å². The Morgan fingerprint density at radius 1 is 1.35 bits per heavy atom. The Morgan fingerprint density at radius 3 is 2.60 bits per heavy atom. The van der Waals surface area contributed by atoms with E-state index in [2.05, 4.69) is 12.2 Å². The number of hydrogen-bond acceptors (Lipinski definition) is 4. The molecule has 0 saturated heterocycles. The van der Waals surface area contributed by atoms with E-state index in [1.165, 1.54) is 0 Å². The molecule has 0 aliphatic carbocycles. The second-order valence-electron chi connectivity index (χ2n) is 5.53. The summed E-state index contributed by atoms with van der Waals surface area (Å²) in [6, 6.07) is 5.82. The highest BCUT2D eigenvalue weighted by Gasteiger charge is 2.26.